The zero-order valence-corrected chi connectivity index (χ0v) is 15.1. The highest BCUT2D eigenvalue weighted by molar-refractivity contribution is 6.39. The Morgan fingerprint density at radius 3 is 2.72 bits per heavy atom. The quantitative estimate of drug-likeness (QED) is 0.670. The van der Waals surface area contributed by atoms with E-state index in [1.807, 2.05) is 32.0 Å². The van der Waals surface area contributed by atoms with Gasteiger partial charge in [0.1, 0.15) is 0 Å². The van der Waals surface area contributed by atoms with Crippen molar-refractivity contribution >= 4 is 23.5 Å². The standard InChI is InChI=1S/C19H26N2O4/c1-4-14-9-6-8-13(3)16(14)20-17(22)18(23)21-11-7-10-15(12-21)19(24)25-5-2/h6,8-9,15H,4-5,7,10-12H2,1-3H3,(H,20,22). The van der Waals surface area contributed by atoms with Crippen LogP contribution in [-0.4, -0.2) is 42.4 Å². The van der Waals surface area contributed by atoms with Crippen LogP contribution in [-0.2, 0) is 25.5 Å². The van der Waals surface area contributed by atoms with Gasteiger partial charge >= 0.3 is 17.8 Å². The third-order valence-corrected chi connectivity index (χ3v) is 4.50. The van der Waals surface area contributed by atoms with Crippen LogP contribution in [0.25, 0.3) is 0 Å². The monoisotopic (exact) mass is 346 g/mol. The molecule has 1 N–H and O–H groups in total. The lowest BCUT2D eigenvalue weighted by atomic mass is 9.98. The molecule has 0 spiro atoms. The topological polar surface area (TPSA) is 75.7 Å². The summed E-state index contributed by atoms with van der Waals surface area (Å²) in [6.07, 6.45) is 2.13. The maximum Gasteiger partial charge on any atom is 0.313 e. The van der Waals surface area contributed by atoms with E-state index in [0.29, 0.717) is 31.7 Å². The van der Waals surface area contributed by atoms with Crippen LogP contribution in [0.15, 0.2) is 18.2 Å². The number of carbonyl (C=O) groups excluding carboxylic acids is 3. The second-order valence-corrected chi connectivity index (χ2v) is 6.26. The average molecular weight is 346 g/mol. The third-order valence-electron chi connectivity index (χ3n) is 4.50. The van der Waals surface area contributed by atoms with Crippen molar-refractivity contribution in [2.24, 2.45) is 5.92 Å². The number of hydrogen-bond acceptors (Lipinski definition) is 4. The summed E-state index contributed by atoms with van der Waals surface area (Å²) in [4.78, 5) is 38.3. The predicted molar refractivity (Wildman–Crippen MR) is 95.1 cm³/mol. The van der Waals surface area contributed by atoms with Crippen molar-refractivity contribution in [2.45, 2.75) is 40.0 Å². The number of para-hydroxylation sites is 1. The number of likely N-dealkylation sites (tertiary alicyclic amines) is 1. The molecule has 1 heterocycles. The van der Waals surface area contributed by atoms with Gasteiger partial charge in [-0.25, -0.2) is 0 Å². The number of nitrogens with one attached hydrogen (secondary N) is 1. The van der Waals surface area contributed by atoms with Gasteiger partial charge < -0.3 is 15.0 Å². The van der Waals surface area contributed by atoms with Crippen LogP contribution in [0.4, 0.5) is 5.69 Å². The summed E-state index contributed by atoms with van der Waals surface area (Å²) in [5.74, 6) is -1.91. The van der Waals surface area contributed by atoms with Gasteiger partial charge in [-0.15, -0.1) is 0 Å². The van der Waals surface area contributed by atoms with Gasteiger partial charge in [-0.1, -0.05) is 25.1 Å². The van der Waals surface area contributed by atoms with Crippen LogP contribution in [0.2, 0.25) is 0 Å². The molecule has 1 aromatic rings. The molecule has 1 saturated heterocycles. The summed E-state index contributed by atoms with van der Waals surface area (Å²) >= 11 is 0. The van der Waals surface area contributed by atoms with Crippen LogP contribution >= 0.6 is 0 Å². The number of hydrogen-bond donors (Lipinski definition) is 1. The van der Waals surface area contributed by atoms with Crippen molar-refractivity contribution in [2.75, 3.05) is 25.0 Å². The number of esters is 1. The molecule has 0 radical (unpaired) electrons. The molecule has 25 heavy (non-hydrogen) atoms. The highest BCUT2D eigenvalue weighted by Crippen LogP contribution is 2.22. The summed E-state index contributed by atoms with van der Waals surface area (Å²) < 4.78 is 5.03. The van der Waals surface area contributed by atoms with Crippen LogP contribution in [0.5, 0.6) is 0 Å². The summed E-state index contributed by atoms with van der Waals surface area (Å²) in [5.41, 5.74) is 2.61. The summed E-state index contributed by atoms with van der Waals surface area (Å²) in [6.45, 7) is 6.69. The molecular formula is C19H26N2O4. The van der Waals surface area contributed by atoms with E-state index < -0.39 is 11.8 Å². The molecule has 2 rings (SSSR count). The van der Waals surface area contributed by atoms with Crippen LogP contribution in [0.3, 0.4) is 0 Å². The molecule has 0 bridgehead atoms. The zero-order valence-electron chi connectivity index (χ0n) is 15.1. The highest BCUT2D eigenvalue weighted by Gasteiger charge is 2.32. The number of ether oxygens (including phenoxy) is 1. The Balaban J connectivity index is 2.05. The van der Waals surface area contributed by atoms with E-state index in [-0.39, 0.29) is 18.4 Å². The fourth-order valence-corrected chi connectivity index (χ4v) is 3.13. The van der Waals surface area contributed by atoms with Gasteiger partial charge in [-0.3, -0.25) is 14.4 Å². The van der Waals surface area contributed by atoms with Gasteiger partial charge in [0.05, 0.1) is 12.5 Å². The Morgan fingerprint density at radius 2 is 2.04 bits per heavy atom. The SMILES string of the molecule is CCOC(=O)C1CCCN(C(=O)C(=O)Nc2c(C)cccc2CC)C1. The minimum Gasteiger partial charge on any atom is -0.466 e. The molecule has 1 fully saturated rings. The molecule has 0 saturated carbocycles. The van der Waals surface area contributed by atoms with E-state index in [1.165, 1.54) is 4.90 Å². The first-order valence-corrected chi connectivity index (χ1v) is 8.83. The minimum absolute atomic E-state index is 0.236. The molecule has 1 atom stereocenters. The van der Waals surface area contributed by atoms with Crippen molar-refractivity contribution in [3.63, 3.8) is 0 Å². The van der Waals surface area contributed by atoms with E-state index in [4.69, 9.17) is 4.74 Å². The molecule has 1 unspecified atom stereocenters. The number of amides is 2. The van der Waals surface area contributed by atoms with Gasteiger partial charge in [-0.05, 0) is 44.2 Å². The highest BCUT2D eigenvalue weighted by atomic mass is 16.5. The van der Waals surface area contributed by atoms with Crippen molar-refractivity contribution in [1.29, 1.82) is 0 Å². The number of piperidine rings is 1. The summed E-state index contributed by atoms with van der Waals surface area (Å²) in [6, 6.07) is 5.77. The smallest absolute Gasteiger partial charge is 0.313 e. The van der Waals surface area contributed by atoms with Crippen molar-refractivity contribution in [3.8, 4) is 0 Å². The first-order valence-electron chi connectivity index (χ1n) is 8.83. The molecule has 6 nitrogen and oxygen atoms in total. The maximum absolute atomic E-state index is 12.5. The lowest BCUT2D eigenvalue weighted by Gasteiger charge is -2.31. The summed E-state index contributed by atoms with van der Waals surface area (Å²) in [7, 11) is 0. The molecule has 1 aliphatic heterocycles. The maximum atomic E-state index is 12.5. The van der Waals surface area contributed by atoms with E-state index in [1.54, 1.807) is 6.92 Å². The Hall–Kier alpha value is -2.37. The third kappa shape index (κ3) is 4.59. The van der Waals surface area contributed by atoms with E-state index >= 15 is 0 Å². The molecule has 136 valence electrons. The Bertz CT molecular complexity index is 657. The predicted octanol–water partition coefficient (Wildman–Crippen LogP) is 2.30. The molecule has 6 heteroatoms. The second kappa shape index (κ2) is 8.65. The molecule has 1 aromatic carbocycles. The van der Waals surface area contributed by atoms with Crippen molar-refractivity contribution in [1.82, 2.24) is 4.90 Å². The van der Waals surface area contributed by atoms with Crippen LogP contribution in [0, 0.1) is 12.8 Å². The van der Waals surface area contributed by atoms with Gasteiger partial charge in [0.15, 0.2) is 0 Å². The largest absolute Gasteiger partial charge is 0.466 e. The van der Waals surface area contributed by atoms with E-state index in [2.05, 4.69) is 5.32 Å². The molecule has 0 aliphatic carbocycles. The van der Waals surface area contributed by atoms with Crippen molar-refractivity contribution < 1.29 is 19.1 Å². The number of nitrogens with zero attached hydrogens (tertiary/aromatic N) is 1. The number of rotatable bonds is 4. The minimum atomic E-state index is -0.659. The average Bonchev–Trinajstić information content (AvgIpc) is 2.63. The van der Waals surface area contributed by atoms with Crippen molar-refractivity contribution in [3.05, 3.63) is 29.3 Å². The first kappa shape index (κ1) is 19.0. The van der Waals surface area contributed by atoms with Crippen LogP contribution in [0.1, 0.15) is 37.8 Å². The Morgan fingerprint density at radius 1 is 1.28 bits per heavy atom. The fraction of sp³-hybridized carbons (Fsp3) is 0.526. The normalized spacial score (nSPS) is 17.1. The van der Waals surface area contributed by atoms with Gasteiger partial charge in [0.25, 0.3) is 0 Å². The number of aryl methyl sites for hydroxylation is 2. The Kier molecular flexibility index (Phi) is 6.56. The number of carbonyl (C=O) groups is 3. The first-order chi connectivity index (χ1) is 12.0. The molecule has 1 aliphatic rings. The molecule has 0 aromatic heterocycles. The lowest BCUT2D eigenvalue weighted by Crippen LogP contribution is -2.47. The molecular weight excluding hydrogens is 320 g/mol. The van der Waals surface area contributed by atoms with E-state index in [0.717, 1.165) is 17.5 Å². The second-order valence-electron chi connectivity index (χ2n) is 6.26. The van der Waals surface area contributed by atoms with Crippen LogP contribution < -0.4 is 5.32 Å². The zero-order chi connectivity index (χ0) is 18.4. The lowest BCUT2D eigenvalue weighted by molar-refractivity contribution is -0.153. The molecule has 2 amide bonds. The van der Waals surface area contributed by atoms with Gasteiger partial charge in [-0.2, -0.15) is 0 Å². The Labute approximate surface area is 148 Å². The summed E-state index contributed by atoms with van der Waals surface area (Å²) in [5, 5.41) is 2.75. The van der Waals surface area contributed by atoms with Gasteiger partial charge in [0.2, 0.25) is 0 Å². The van der Waals surface area contributed by atoms with E-state index in [9.17, 15) is 14.4 Å². The number of anilines is 1. The fourth-order valence-electron chi connectivity index (χ4n) is 3.13. The number of benzene rings is 1. The van der Waals surface area contributed by atoms with Gasteiger partial charge in [0, 0.05) is 18.8 Å².